The molecule has 19 heavy (non-hydrogen) atoms. The fraction of sp³-hybridized carbons (Fsp3) is 0.500. The van der Waals surface area contributed by atoms with Gasteiger partial charge in [-0.05, 0) is 32.1 Å². The van der Waals surface area contributed by atoms with Crippen molar-refractivity contribution >= 4 is 5.82 Å². The third-order valence-electron chi connectivity index (χ3n) is 3.74. The molecule has 5 heteroatoms. The summed E-state index contributed by atoms with van der Waals surface area (Å²) < 4.78 is 1.94. The zero-order valence-electron chi connectivity index (χ0n) is 11.4. The van der Waals surface area contributed by atoms with Gasteiger partial charge in [-0.2, -0.15) is 0 Å². The average molecular weight is 257 g/mol. The number of aromatic nitrogens is 4. The molecule has 0 bridgehead atoms. The number of rotatable bonds is 3. The van der Waals surface area contributed by atoms with Gasteiger partial charge in [-0.3, -0.25) is 9.55 Å². The maximum atomic E-state index is 4.61. The smallest absolute Gasteiger partial charge is 0.159 e. The Hall–Kier alpha value is -1.91. The normalized spacial score (nSPS) is 22.6. The second-order valence-corrected chi connectivity index (χ2v) is 5.37. The van der Waals surface area contributed by atoms with E-state index in [0.717, 1.165) is 23.4 Å². The Labute approximate surface area is 113 Å². The summed E-state index contributed by atoms with van der Waals surface area (Å²) >= 11 is 0. The molecule has 1 fully saturated rings. The molecule has 0 spiro atoms. The lowest BCUT2D eigenvalue weighted by Gasteiger charge is -2.13. The highest BCUT2D eigenvalue weighted by molar-refractivity contribution is 5.37. The molecule has 0 saturated heterocycles. The lowest BCUT2D eigenvalue weighted by molar-refractivity contribution is 0.602. The van der Waals surface area contributed by atoms with Crippen LogP contribution in [0.1, 0.15) is 32.0 Å². The summed E-state index contributed by atoms with van der Waals surface area (Å²) in [6, 6.07) is 0.531. The third-order valence-corrected chi connectivity index (χ3v) is 3.74. The maximum Gasteiger partial charge on any atom is 0.159 e. The quantitative estimate of drug-likeness (QED) is 0.918. The standard InChI is InChI=1S/C14H19N5/c1-10-3-4-12(7-10)17-13-8-15-9-14(18-13)19-6-5-16-11(19)2/h5-6,8-10,12H,3-4,7H2,1-2H3,(H,17,18). The second kappa shape index (κ2) is 4.99. The summed E-state index contributed by atoms with van der Waals surface area (Å²) in [4.78, 5) is 13.1. The molecule has 3 rings (SSSR count). The van der Waals surface area contributed by atoms with E-state index in [1.165, 1.54) is 19.3 Å². The van der Waals surface area contributed by atoms with Crippen LogP contribution >= 0.6 is 0 Å². The molecule has 1 N–H and O–H groups in total. The van der Waals surface area contributed by atoms with Crippen LogP contribution in [-0.2, 0) is 0 Å². The lowest BCUT2D eigenvalue weighted by atomic mass is 10.1. The van der Waals surface area contributed by atoms with Crippen molar-refractivity contribution in [2.24, 2.45) is 5.92 Å². The zero-order chi connectivity index (χ0) is 13.2. The van der Waals surface area contributed by atoms with E-state index in [9.17, 15) is 0 Å². The number of hydrogen-bond donors (Lipinski definition) is 1. The molecule has 2 aromatic rings. The maximum absolute atomic E-state index is 4.61. The van der Waals surface area contributed by atoms with Crippen molar-refractivity contribution in [3.63, 3.8) is 0 Å². The molecular weight excluding hydrogens is 238 g/mol. The Morgan fingerprint density at radius 3 is 2.89 bits per heavy atom. The molecule has 0 amide bonds. The van der Waals surface area contributed by atoms with E-state index < -0.39 is 0 Å². The SMILES string of the molecule is Cc1nccn1-c1cncc(NC2CCC(C)C2)n1. The molecule has 2 unspecified atom stereocenters. The number of aryl methyl sites for hydroxylation is 1. The number of hydrogen-bond acceptors (Lipinski definition) is 4. The molecule has 2 atom stereocenters. The van der Waals surface area contributed by atoms with E-state index in [-0.39, 0.29) is 0 Å². The van der Waals surface area contributed by atoms with Gasteiger partial charge >= 0.3 is 0 Å². The molecule has 2 aromatic heterocycles. The van der Waals surface area contributed by atoms with Gasteiger partial charge in [0.25, 0.3) is 0 Å². The predicted molar refractivity (Wildman–Crippen MR) is 74.3 cm³/mol. The first-order valence-electron chi connectivity index (χ1n) is 6.81. The molecule has 100 valence electrons. The summed E-state index contributed by atoms with van der Waals surface area (Å²) in [7, 11) is 0. The molecule has 1 aliphatic rings. The van der Waals surface area contributed by atoms with Gasteiger partial charge < -0.3 is 5.32 Å². The molecule has 1 aliphatic carbocycles. The molecule has 1 saturated carbocycles. The molecule has 0 aromatic carbocycles. The van der Waals surface area contributed by atoms with Crippen molar-refractivity contribution in [3.05, 3.63) is 30.6 Å². The van der Waals surface area contributed by atoms with Crippen LogP contribution in [0.3, 0.4) is 0 Å². The molecule has 5 nitrogen and oxygen atoms in total. The van der Waals surface area contributed by atoms with Gasteiger partial charge in [0.15, 0.2) is 5.82 Å². The van der Waals surface area contributed by atoms with Crippen molar-refractivity contribution in [1.29, 1.82) is 0 Å². The summed E-state index contributed by atoms with van der Waals surface area (Å²) in [5.74, 6) is 3.39. The van der Waals surface area contributed by atoms with E-state index in [1.54, 1.807) is 18.6 Å². The van der Waals surface area contributed by atoms with Gasteiger partial charge in [0, 0.05) is 18.4 Å². The first-order chi connectivity index (χ1) is 9.22. The number of imidazole rings is 1. The summed E-state index contributed by atoms with van der Waals surface area (Å²) in [6.45, 7) is 4.26. The number of anilines is 1. The Morgan fingerprint density at radius 1 is 1.32 bits per heavy atom. The van der Waals surface area contributed by atoms with E-state index >= 15 is 0 Å². The number of nitrogens with zero attached hydrogens (tertiary/aromatic N) is 4. The van der Waals surface area contributed by atoms with Gasteiger partial charge in [0.05, 0.1) is 12.4 Å². The highest BCUT2D eigenvalue weighted by Gasteiger charge is 2.21. The van der Waals surface area contributed by atoms with Crippen molar-refractivity contribution in [2.45, 2.75) is 39.2 Å². The van der Waals surface area contributed by atoms with Crippen molar-refractivity contribution in [2.75, 3.05) is 5.32 Å². The van der Waals surface area contributed by atoms with Crippen LogP contribution in [0, 0.1) is 12.8 Å². The average Bonchev–Trinajstić information content (AvgIpc) is 2.99. The Bertz CT molecular complexity index is 562. The fourth-order valence-corrected chi connectivity index (χ4v) is 2.71. The third kappa shape index (κ3) is 2.59. The van der Waals surface area contributed by atoms with E-state index in [4.69, 9.17) is 0 Å². The van der Waals surface area contributed by atoms with Crippen molar-refractivity contribution in [3.8, 4) is 5.82 Å². The Morgan fingerprint density at radius 2 is 2.21 bits per heavy atom. The van der Waals surface area contributed by atoms with Gasteiger partial charge in [0.1, 0.15) is 11.6 Å². The Kier molecular flexibility index (Phi) is 3.19. The first kappa shape index (κ1) is 12.1. The summed E-state index contributed by atoms with van der Waals surface area (Å²) in [5, 5.41) is 3.49. The van der Waals surface area contributed by atoms with Gasteiger partial charge in [-0.1, -0.05) is 6.92 Å². The van der Waals surface area contributed by atoms with Crippen LogP contribution in [0.2, 0.25) is 0 Å². The Balaban J connectivity index is 1.79. The van der Waals surface area contributed by atoms with Crippen LogP contribution in [0.15, 0.2) is 24.8 Å². The van der Waals surface area contributed by atoms with Crippen molar-refractivity contribution in [1.82, 2.24) is 19.5 Å². The van der Waals surface area contributed by atoms with E-state index in [1.807, 2.05) is 17.7 Å². The minimum absolute atomic E-state index is 0.531. The van der Waals surface area contributed by atoms with Crippen LogP contribution in [0.25, 0.3) is 5.82 Å². The van der Waals surface area contributed by atoms with Crippen molar-refractivity contribution < 1.29 is 0 Å². The van der Waals surface area contributed by atoms with Gasteiger partial charge in [-0.25, -0.2) is 9.97 Å². The van der Waals surface area contributed by atoms with Crippen LogP contribution in [-0.4, -0.2) is 25.6 Å². The van der Waals surface area contributed by atoms with Crippen LogP contribution < -0.4 is 5.32 Å². The largest absolute Gasteiger partial charge is 0.366 e. The highest BCUT2D eigenvalue weighted by atomic mass is 15.2. The predicted octanol–water partition coefficient (Wildman–Crippen LogP) is 2.57. The molecule has 2 heterocycles. The monoisotopic (exact) mass is 257 g/mol. The zero-order valence-corrected chi connectivity index (χ0v) is 11.4. The van der Waals surface area contributed by atoms with Crippen LogP contribution in [0.5, 0.6) is 0 Å². The van der Waals surface area contributed by atoms with E-state index in [2.05, 4.69) is 27.2 Å². The molecule has 0 aliphatic heterocycles. The fourth-order valence-electron chi connectivity index (χ4n) is 2.71. The van der Waals surface area contributed by atoms with Gasteiger partial charge in [-0.15, -0.1) is 0 Å². The molecular formula is C14H19N5. The van der Waals surface area contributed by atoms with Crippen LogP contribution in [0.4, 0.5) is 5.82 Å². The summed E-state index contributed by atoms with van der Waals surface area (Å²) in [6.07, 6.45) is 11.0. The first-order valence-corrected chi connectivity index (χ1v) is 6.81. The lowest BCUT2D eigenvalue weighted by Crippen LogP contribution is -2.17. The minimum Gasteiger partial charge on any atom is -0.366 e. The number of nitrogens with one attached hydrogen (secondary N) is 1. The molecule has 0 radical (unpaired) electrons. The van der Waals surface area contributed by atoms with Gasteiger partial charge in [0.2, 0.25) is 0 Å². The minimum atomic E-state index is 0.531. The van der Waals surface area contributed by atoms with E-state index in [0.29, 0.717) is 6.04 Å². The second-order valence-electron chi connectivity index (χ2n) is 5.37. The highest BCUT2D eigenvalue weighted by Crippen LogP contribution is 2.26. The topological polar surface area (TPSA) is 55.6 Å². The summed E-state index contributed by atoms with van der Waals surface area (Å²) in [5.41, 5.74) is 0.